The van der Waals surface area contributed by atoms with Crippen LogP contribution < -0.4 is 14.8 Å². The van der Waals surface area contributed by atoms with Crippen LogP contribution in [0.5, 0.6) is 11.5 Å². The van der Waals surface area contributed by atoms with Crippen LogP contribution in [0.2, 0.25) is 0 Å². The average Bonchev–Trinajstić information content (AvgIpc) is 2.53. The highest BCUT2D eigenvalue weighted by atomic mass is 16.5. The van der Waals surface area contributed by atoms with Crippen molar-refractivity contribution in [2.45, 2.75) is 6.42 Å². The van der Waals surface area contributed by atoms with Crippen molar-refractivity contribution in [2.24, 2.45) is 0 Å². The van der Waals surface area contributed by atoms with Crippen LogP contribution in [0.25, 0.3) is 0 Å². The fourth-order valence-corrected chi connectivity index (χ4v) is 1.86. The van der Waals surface area contributed by atoms with Crippen LogP contribution in [0, 0.1) is 0 Å². The molecule has 7 heteroatoms. The number of benzene rings is 1. The van der Waals surface area contributed by atoms with Crippen LogP contribution in [0.4, 0.5) is 0 Å². The number of aliphatic hydroxyl groups is 1. The largest absolute Gasteiger partial charge is 0.493 e. The van der Waals surface area contributed by atoms with Gasteiger partial charge < -0.3 is 24.8 Å². The number of rotatable bonds is 7. The minimum atomic E-state index is -0.684. The van der Waals surface area contributed by atoms with E-state index in [2.05, 4.69) is 5.32 Å². The van der Waals surface area contributed by atoms with Gasteiger partial charge in [-0.2, -0.15) is 0 Å². The first-order chi connectivity index (χ1) is 10.5. The third kappa shape index (κ3) is 4.92. The van der Waals surface area contributed by atoms with Crippen LogP contribution in [0.1, 0.15) is 5.56 Å². The molecule has 2 N–H and O–H groups in total. The molecule has 0 aliphatic carbocycles. The predicted octanol–water partition coefficient (Wildman–Crippen LogP) is -0.187. The van der Waals surface area contributed by atoms with Crippen molar-refractivity contribution >= 4 is 11.8 Å². The first-order valence-electron chi connectivity index (χ1n) is 6.88. The zero-order chi connectivity index (χ0) is 16.5. The molecule has 7 nitrogen and oxygen atoms in total. The second-order valence-electron chi connectivity index (χ2n) is 4.65. The molecule has 0 fully saturated rings. The first kappa shape index (κ1) is 17.8. The van der Waals surface area contributed by atoms with E-state index in [0.717, 1.165) is 5.56 Å². The molecule has 0 spiro atoms. The highest BCUT2D eigenvalue weighted by Gasteiger charge is 2.17. The zero-order valence-electron chi connectivity index (χ0n) is 13.1. The van der Waals surface area contributed by atoms with Gasteiger partial charge in [0.15, 0.2) is 11.5 Å². The van der Waals surface area contributed by atoms with Crippen molar-refractivity contribution < 1.29 is 24.2 Å². The van der Waals surface area contributed by atoms with Gasteiger partial charge in [0.05, 0.1) is 20.8 Å². The molecular formula is C15H22N2O5. The Labute approximate surface area is 129 Å². The van der Waals surface area contributed by atoms with Crippen molar-refractivity contribution in [2.75, 3.05) is 41.0 Å². The lowest BCUT2D eigenvalue weighted by atomic mass is 10.1. The zero-order valence-corrected chi connectivity index (χ0v) is 13.1. The van der Waals surface area contributed by atoms with E-state index in [0.29, 0.717) is 24.5 Å². The number of carbonyl (C=O) groups is 2. The fourth-order valence-electron chi connectivity index (χ4n) is 1.86. The molecule has 0 aliphatic rings. The highest BCUT2D eigenvalue weighted by Crippen LogP contribution is 2.27. The lowest BCUT2D eigenvalue weighted by Crippen LogP contribution is -2.42. The molecule has 122 valence electrons. The molecule has 0 radical (unpaired) electrons. The molecule has 2 amide bonds. The van der Waals surface area contributed by atoms with Crippen LogP contribution in [0.15, 0.2) is 18.2 Å². The third-order valence-corrected chi connectivity index (χ3v) is 3.12. The van der Waals surface area contributed by atoms with Crippen LogP contribution >= 0.6 is 0 Å². The summed E-state index contributed by atoms with van der Waals surface area (Å²) in [4.78, 5) is 24.4. The topological polar surface area (TPSA) is 88.1 Å². The number of methoxy groups -OCH3 is 2. The van der Waals surface area contributed by atoms with Crippen LogP contribution in [0.3, 0.4) is 0 Å². The number of amides is 2. The number of hydrogen-bond donors (Lipinski definition) is 2. The standard InChI is InChI=1S/C15H22N2O5/c1-17(8-9-18)15(20)14(19)16-7-6-11-4-5-12(21-2)13(10-11)22-3/h4-5,10,18H,6-9H2,1-3H3,(H,16,19). The molecule has 0 bridgehead atoms. The summed E-state index contributed by atoms with van der Waals surface area (Å²) in [5.74, 6) is -0.0982. The van der Waals surface area contributed by atoms with Gasteiger partial charge in [-0.05, 0) is 24.1 Å². The van der Waals surface area contributed by atoms with Gasteiger partial charge in [-0.15, -0.1) is 0 Å². The molecule has 0 aliphatic heterocycles. The first-order valence-corrected chi connectivity index (χ1v) is 6.88. The van der Waals surface area contributed by atoms with Crippen molar-refractivity contribution in [1.82, 2.24) is 10.2 Å². The number of aliphatic hydroxyl groups excluding tert-OH is 1. The average molecular weight is 310 g/mol. The van der Waals surface area contributed by atoms with Gasteiger partial charge in [0.2, 0.25) is 0 Å². The molecule has 0 aromatic heterocycles. The Morgan fingerprint density at radius 3 is 2.50 bits per heavy atom. The summed E-state index contributed by atoms with van der Waals surface area (Å²) in [5.41, 5.74) is 0.953. The fraction of sp³-hybridized carbons (Fsp3) is 0.467. The number of hydrogen-bond acceptors (Lipinski definition) is 5. The second kappa shape index (κ2) is 8.89. The summed E-state index contributed by atoms with van der Waals surface area (Å²) in [6.07, 6.45) is 0.559. The third-order valence-electron chi connectivity index (χ3n) is 3.12. The predicted molar refractivity (Wildman–Crippen MR) is 81.0 cm³/mol. The number of nitrogens with zero attached hydrogens (tertiary/aromatic N) is 1. The van der Waals surface area contributed by atoms with E-state index in [9.17, 15) is 9.59 Å². The highest BCUT2D eigenvalue weighted by molar-refractivity contribution is 6.34. The SMILES string of the molecule is COc1ccc(CCNC(=O)C(=O)N(C)CCO)cc1OC. The minimum absolute atomic E-state index is 0.127. The summed E-state index contributed by atoms with van der Waals surface area (Å²) < 4.78 is 10.4. The Hall–Kier alpha value is -2.28. The summed E-state index contributed by atoms with van der Waals surface area (Å²) in [6.45, 7) is 0.274. The Morgan fingerprint density at radius 1 is 1.23 bits per heavy atom. The molecule has 1 aromatic carbocycles. The molecule has 0 heterocycles. The summed E-state index contributed by atoms with van der Waals surface area (Å²) in [5, 5.41) is 11.3. The Kier molecular flexibility index (Phi) is 7.18. The van der Waals surface area contributed by atoms with Gasteiger partial charge in [0.1, 0.15) is 0 Å². The number of likely N-dealkylation sites (N-methyl/N-ethyl adjacent to an activating group) is 1. The van der Waals surface area contributed by atoms with E-state index in [4.69, 9.17) is 14.6 Å². The van der Waals surface area contributed by atoms with Gasteiger partial charge in [-0.25, -0.2) is 0 Å². The Bertz CT molecular complexity index is 519. The van der Waals surface area contributed by atoms with E-state index in [1.807, 2.05) is 12.1 Å². The van der Waals surface area contributed by atoms with Gasteiger partial charge in [0.25, 0.3) is 0 Å². The lowest BCUT2D eigenvalue weighted by Gasteiger charge is -2.15. The van der Waals surface area contributed by atoms with Gasteiger partial charge in [-0.3, -0.25) is 9.59 Å². The molecule has 0 unspecified atom stereocenters. The molecule has 0 saturated heterocycles. The van der Waals surface area contributed by atoms with Crippen molar-refractivity contribution in [3.05, 3.63) is 23.8 Å². The molecular weight excluding hydrogens is 288 g/mol. The molecule has 1 aromatic rings. The van der Waals surface area contributed by atoms with Crippen LogP contribution in [-0.2, 0) is 16.0 Å². The molecule has 1 rings (SSSR count). The Balaban J connectivity index is 2.50. The number of carbonyl (C=O) groups excluding carboxylic acids is 2. The molecule has 0 saturated carbocycles. The van der Waals surface area contributed by atoms with E-state index < -0.39 is 11.8 Å². The maximum absolute atomic E-state index is 11.6. The second-order valence-corrected chi connectivity index (χ2v) is 4.65. The maximum Gasteiger partial charge on any atom is 0.311 e. The van der Waals surface area contributed by atoms with Gasteiger partial charge in [-0.1, -0.05) is 6.07 Å². The maximum atomic E-state index is 11.6. The van der Waals surface area contributed by atoms with E-state index in [1.165, 1.54) is 11.9 Å². The summed E-state index contributed by atoms with van der Waals surface area (Å²) in [7, 11) is 4.58. The monoisotopic (exact) mass is 310 g/mol. The van der Waals surface area contributed by atoms with Crippen molar-refractivity contribution in [3.63, 3.8) is 0 Å². The van der Waals surface area contributed by atoms with E-state index in [1.54, 1.807) is 20.3 Å². The smallest absolute Gasteiger partial charge is 0.311 e. The van der Waals surface area contributed by atoms with E-state index >= 15 is 0 Å². The van der Waals surface area contributed by atoms with Crippen molar-refractivity contribution in [1.29, 1.82) is 0 Å². The molecule has 22 heavy (non-hydrogen) atoms. The van der Waals surface area contributed by atoms with Crippen LogP contribution in [-0.4, -0.2) is 62.8 Å². The Morgan fingerprint density at radius 2 is 1.91 bits per heavy atom. The van der Waals surface area contributed by atoms with E-state index in [-0.39, 0.29) is 13.2 Å². The van der Waals surface area contributed by atoms with Crippen molar-refractivity contribution in [3.8, 4) is 11.5 Å². The molecule has 0 atom stereocenters. The minimum Gasteiger partial charge on any atom is -0.493 e. The number of ether oxygens (including phenoxy) is 2. The lowest BCUT2D eigenvalue weighted by molar-refractivity contribution is -0.145. The summed E-state index contributed by atoms with van der Waals surface area (Å²) in [6, 6.07) is 5.48. The normalized spacial score (nSPS) is 10.0. The van der Waals surface area contributed by atoms with Gasteiger partial charge in [0, 0.05) is 20.1 Å². The summed E-state index contributed by atoms with van der Waals surface area (Å²) >= 11 is 0. The quantitative estimate of drug-likeness (QED) is 0.682. The number of nitrogens with one attached hydrogen (secondary N) is 1. The van der Waals surface area contributed by atoms with Gasteiger partial charge >= 0.3 is 11.8 Å².